The first-order valence-electron chi connectivity index (χ1n) is 9.51. The zero-order chi connectivity index (χ0) is 22.6. The lowest BCUT2D eigenvalue weighted by Gasteiger charge is -2.15. The van der Waals surface area contributed by atoms with Crippen molar-refractivity contribution in [2.24, 2.45) is 0 Å². The number of alkyl halides is 3. The predicted molar refractivity (Wildman–Crippen MR) is 109 cm³/mol. The van der Waals surface area contributed by atoms with E-state index in [2.05, 4.69) is 20.2 Å². The van der Waals surface area contributed by atoms with E-state index in [1.807, 2.05) is 13.0 Å². The maximum Gasteiger partial charge on any atom is 0.416 e. The summed E-state index contributed by atoms with van der Waals surface area (Å²) in [6, 6.07) is 11.3. The number of anilines is 2. The monoisotopic (exact) mass is 431 g/mol. The number of aromatic nitrogens is 2. The molecule has 2 aromatic carbocycles. The van der Waals surface area contributed by atoms with E-state index in [1.54, 1.807) is 19.1 Å². The molecule has 0 saturated carbocycles. The van der Waals surface area contributed by atoms with Crippen LogP contribution in [0.1, 0.15) is 40.5 Å². The zero-order valence-electron chi connectivity index (χ0n) is 16.8. The standard InChI is InChI=1S/C22H20F3N3O3/c1-3-6-14-7-5-10-17(21(29)31-30)19(14)27-18-11-13(2)26-20(28-18)15-8-4-9-16(12-15)22(23,24)25/h4-5,7-12,30H,3,6H2,1-2H3,(H,26,27,28). The fourth-order valence-electron chi connectivity index (χ4n) is 3.17. The second-order valence-corrected chi connectivity index (χ2v) is 6.89. The van der Waals surface area contributed by atoms with Crippen molar-refractivity contribution >= 4 is 17.5 Å². The number of para-hydroxylation sites is 1. The zero-order valence-corrected chi connectivity index (χ0v) is 16.8. The Morgan fingerprint density at radius 3 is 2.55 bits per heavy atom. The Balaban J connectivity index is 2.06. The van der Waals surface area contributed by atoms with Gasteiger partial charge in [-0.15, -0.1) is 0 Å². The molecule has 0 aliphatic rings. The molecule has 9 heteroatoms. The number of halogens is 3. The third-order valence-corrected chi connectivity index (χ3v) is 4.53. The lowest BCUT2D eigenvalue weighted by atomic mass is 10.0. The van der Waals surface area contributed by atoms with Crippen LogP contribution in [0.4, 0.5) is 24.7 Å². The van der Waals surface area contributed by atoms with Crippen LogP contribution in [0.3, 0.4) is 0 Å². The molecular weight excluding hydrogens is 411 g/mol. The topological polar surface area (TPSA) is 84.3 Å². The van der Waals surface area contributed by atoms with Gasteiger partial charge in [0.2, 0.25) is 0 Å². The Morgan fingerprint density at radius 1 is 1.13 bits per heavy atom. The van der Waals surface area contributed by atoms with Crippen molar-refractivity contribution in [1.82, 2.24) is 9.97 Å². The van der Waals surface area contributed by atoms with Crippen molar-refractivity contribution in [2.45, 2.75) is 32.9 Å². The summed E-state index contributed by atoms with van der Waals surface area (Å²) in [5.74, 6) is -0.548. The van der Waals surface area contributed by atoms with Gasteiger partial charge in [-0.1, -0.05) is 37.6 Å². The van der Waals surface area contributed by atoms with Crippen LogP contribution in [0, 0.1) is 6.92 Å². The van der Waals surface area contributed by atoms with Gasteiger partial charge < -0.3 is 5.32 Å². The van der Waals surface area contributed by atoms with E-state index < -0.39 is 17.7 Å². The normalized spacial score (nSPS) is 11.3. The van der Waals surface area contributed by atoms with E-state index in [1.165, 1.54) is 18.2 Å². The molecular formula is C22H20F3N3O3. The van der Waals surface area contributed by atoms with Crippen molar-refractivity contribution in [3.8, 4) is 11.4 Å². The summed E-state index contributed by atoms with van der Waals surface area (Å²) in [5.41, 5.74) is 1.22. The first kappa shape index (κ1) is 22.2. The molecule has 3 aromatic rings. The van der Waals surface area contributed by atoms with Crippen molar-refractivity contribution in [1.29, 1.82) is 0 Å². The highest BCUT2D eigenvalue weighted by Gasteiger charge is 2.30. The second kappa shape index (κ2) is 9.13. The average Bonchev–Trinajstić information content (AvgIpc) is 2.73. The number of nitrogens with zero attached hydrogens (tertiary/aromatic N) is 2. The Bertz CT molecular complexity index is 1100. The molecule has 162 valence electrons. The largest absolute Gasteiger partial charge is 0.416 e. The van der Waals surface area contributed by atoms with Gasteiger partial charge in [-0.05, 0) is 37.1 Å². The number of carbonyl (C=O) groups excluding carboxylic acids is 1. The Labute approximate surface area is 176 Å². The Morgan fingerprint density at radius 2 is 1.87 bits per heavy atom. The third kappa shape index (κ3) is 5.18. The number of hydrogen-bond donors (Lipinski definition) is 2. The van der Waals surface area contributed by atoms with Crippen LogP contribution in [0.15, 0.2) is 48.5 Å². The quantitative estimate of drug-likeness (QED) is 0.379. The van der Waals surface area contributed by atoms with E-state index in [0.29, 0.717) is 17.8 Å². The summed E-state index contributed by atoms with van der Waals surface area (Å²) in [5, 5.41) is 11.9. The minimum absolute atomic E-state index is 0.102. The lowest BCUT2D eigenvalue weighted by Crippen LogP contribution is -2.10. The van der Waals surface area contributed by atoms with Crippen LogP contribution >= 0.6 is 0 Å². The van der Waals surface area contributed by atoms with Crippen LogP contribution in [0.25, 0.3) is 11.4 Å². The van der Waals surface area contributed by atoms with Gasteiger partial charge >= 0.3 is 12.1 Å². The van der Waals surface area contributed by atoms with Crippen molar-refractivity contribution in [3.05, 3.63) is 70.9 Å². The van der Waals surface area contributed by atoms with Crippen molar-refractivity contribution in [3.63, 3.8) is 0 Å². The number of aryl methyl sites for hydroxylation is 2. The van der Waals surface area contributed by atoms with Gasteiger partial charge in [0.05, 0.1) is 16.8 Å². The number of benzene rings is 2. The molecule has 0 bridgehead atoms. The van der Waals surface area contributed by atoms with Crippen LogP contribution < -0.4 is 5.32 Å². The van der Waals surface area contributed by atoms with Gasteiger partial charge in [-0.3, -0.25) is 4.89 Å². The molecule has 1 aromatic heterocycles. The molecule has 0 atom stereocenters. The minimum Gasteiger partial charge on any atom is -0.339 e. The maximum atomic E-state index is 13.1. The minimum atomic E-state index is -4.49. The molecule has 0 unspecified atom stereocenters. The molecule has 0 aliphatic carbocycles. The Kier molecular flexibility index (Phi) is 6.55. The summed E-state index contributed by atoms with van der Waals surface area (Å²) in [6.07, 6.45) is -3.05. The Hall–Kier alpha value is -3.46. The molecule has 1 heterocycles. The number of hydrogen-bond acceptors (Lipinski definition) is 6. The first-order chi connectivity index (χ1) is 14.7. The summed E-state index contributed by atoms with van der Waals surface area (Å²) < 4.78 is 39.2. The fourth-order valence-corrected chi connectivity index (χ4v) is 3.17. The lowest BCUT2D eigenvalue weighted by molar-refractivity contribution is -0.182. The molecule has 0 aliphatic heterocycles. The SMILES string of the molecule is CCCc1cccc(C(=O)OO)c1Nc1cc(C)nc(-c2cccc(C(F)(F)F)c2)n1. The van der Waals surface area contributed by atoms with Gasteiger partial charge in [-0.25, -0.2) is 14.8 Å². The van der Waals surface area contributed by atoms with Crippen molar-refractivity contribution < 1.29 is 28.1 Å². The first-order valence-corrected chi connectivity index (χ1v) is 9.51. The van der Waals surface area contributed by atoms with Crippen LogP contribution in [0.2, 0.25) is 0 Å². The van der Waals surface area contributed by atoms with Gasteiger partial charge in [-0.2, -0.15) is 18.4 Å². The molecule has 2 N–H and O–H groups in total. The number of nitrogens with one attached hydrogen (secondary N) is 1. The van der Waals surface area contributed by atoms with Gasteiger partial charge in [0.25, 0.3) is 0 Å². The molecule has 0 radical (unpaired) electrons. The molecule has 0 spiro atoms. The summed E-state index contributed by atoms with van der Waals surface area (Å²) in [6.45, 7) is 3.66. The number of carbonyl (C=O) groups is 1. The summed E-state index contributed by atoms with van der Waals surface area (Å²) >= 11 is 0. The van der Waals surface area contributed by atoms with Gasteiger partial charge in [0.1, 0.15) is 5.82 Å². The second-order valence-electron chi connectivity index (χ2n) is 6.89. The highest BCUT2D eigenvalue weighted by molar-refractivity contribution is 5.97. The summed E-state index contributed by atoms with van der Waals surface area (Å²) in [7, 11) is 0. The molecule has 31 heavy (non-hydrogen) atoms. The summed E-state index contributed by atoms with van der Waals surface area (Å²) in [4.78, 5) is 24.5. The van der Waals surface area contributed by atoms with Crippen LogP contribution in [-0.2, 0) is 17.5 Å². The average molecular weight is 431 g/mol. The fraction of sp³-hybridized carbons (Fsp3) is 0.227. The van der Waals surface area contributed by atoms with E-state index in [-0.39, 0.29) is 22.8 Å². The van der Waals surface area contributed by atoms with E-state index in [9.17, 15) is 18.0 Å². The molecule has 0 fully saturated rings. The third-order valence-electron chi connectivity index (χ3n) is 4.53. The molecule has 6 nitrogen and oxygen atoms in total. The maximum absolute atomic E-state index is 13.1. The number of rotatable bonds is 6. The van der Waals surface area contributed by atoms with E-state index in [4.69, 9.17) is 5.26 Å². The van der Waals surface area contributed by atoms with Gasteiger partial charge in [0, 0.05) is 17.3 Å². The van der Waals surface area contributed by atoms with E-state index in [0.717, 1.165) is 24.1 Å². The van der Waals surface area contributed by atoms with E-state index >= 15 is 0 Å². The van der Waals surface area contributed by atoms with Crippen molar-refractivity contribution in [2.75, 3.05) is 5.32 Å². The van der Waals surface area contributed by atoms with Crippen LogP contribution in [0.5, 0.6) is 0 Å². The molecule has 0 amide bonds. The highest BCUT2D eigenvalue weighted by Crippen LogP contribution is 2.32. The van der Waals surface area contributed by atoms with Gasteiger partial charge in [0.15, 0.2) is 5.82 Å². The molecule has 3 rings (SSSR count). The van der Waals surface area contributed by atoms with Crippen LogP contribution in [-0.4, -0.2) is 21.2 Å². The highest BCUT2D eigenvalue weighted by atomic mass is 19.4. The smallest absolute Gasteiger partial charge is 0.339 e. The molecule has 0 saturated heterocycles. The predicted octanol–water partition coefficient (Wildman–Crippen LogP) is 5.80.